The largest absolute Gasteiger partial charge is 0.483 e. The van der Waals surface area contributed by atoms with E-state index in [1.807, 2.05) is 12.1 Å². The standard InChI is InChI=1S/C34H24Cl2F3N3O5S2/c35-20-9-8-15(11-21(20)36)40-23(43)13-47-22-7-2-1-6-17(22)24-25-18-12-19(28(25)48-30-29(24)49-33(46)41-30)27-26(18)31(44)42(32(27)45)16-5-3-4-14(10-16)34(37,38)39/h1-11,18-19,24-28H,12-13H2,(H,40,43)(H,41,46)/t18-,19-,24-,25?,26?,27?,28?/m1/s1. The highest BCUT2D eigenvalue weighted by atomic mass is 35.5. The molecule has 1 aromatic heterocycles. The molecule has 252 valence electrons. The van der Waals surface area contributed by atoms with Crippen LogP contribution in [0.4, 0.5) is 24.5 Å². The van der Waals surface area contributed by atoms with Crippen molar-refractivity contribution in [2.45, 2.75) is 28.8 Å². The van der Waals surface area contributed by atoms with Crippen molar-refractivity contribution in [1.29, 1.82) is 0 Å². The number of imide groups is 1. The number of carbonyl (C=O) groups excluding carboxylic acids is 3. The fourth-order valence-electron chi connectivity index (χ4n) is 8.22. The van der Waals surface area contributed by atoms with Crippen LogP contribution in [-0.4, -0.2) is 34.6 Å². The molecule has 3 amide bonds. The van der Waals surface area contributed by atoms with Gasteiger partial charge in [0.1, 0.15) is 5.75 Å². The highest BCUT2D eigenvalue weighted by molar-refractivity contribution is 8.00. The second-order valence-electron chi connectivity index (χ2n) is 12.5. The van der Waals surface area contributed by atoms with E-state index in [0.29, 0.717) is 27.9 Å². The maximum atomic E-state index is 14.0. The molecule has 3 heterocycles. The zero-order valence-electron chi connectivity index (χ0n) is 25.0. The van der Waals surface area contributed by atoms with Crippen LogP contribution in [-0.2, 0) is 20.6 Å². The number of ether oxygens (including phenoxy) is 1. The lowest BCUT2D eigenvalue weighted by molar-refractivity contribution is -0.137. The van der Waals surface area contributed by atoms with Crippen LogP contribution in [0.1, 0.15) is 28.3 Å². The Morgan fingerprint density at radius 3 is 2.47 bits per heavy atom. The van der Waals surface area contributed by atoms with Crippen molar-refractivity contribution in [2.75, 3.05) is 16.8 Å². The number of fused-ring (bicyclic) bond motifs is 9. The van der Waals surface area contributed by atoms with Gasteiger partial charge in [-0.15, -0.1) is 11.8 Å². The molecule has 2 bridgehead atoms. The summed E-state index contributed by atoms with van der Waals surface area (Å²) in [4.78, 5) is 57.9. The molecule has 8 rings (SSSR count). The Morgan fingerprint density at radius 2 is 1.71 bits per heavy atom. The number of nitrogens with one attached hydrogen (secondary N) is 2. The third-order valence-electron chi connectivity index (χ3n) is 9.97. The maximum absolute atomic E-state index is 14.0. The molecule has 2 aliphatic heterocycles. The minimum Gasteiger partial charge on any atom is -0.483 e. The van der Waals surface area contributed by atoms with Crippen LogP contribution in [0.5, 0.6) is 5.75 Å². The third-order valence-corrected chi connectivity index (χ3v) is 13.3. The van der Waals surface area contributed by atoms with Crippen LogP contribution in [0.2, 0.25) is 10.0 Å². The Balaban J connectivity index is 1.11. The predicted molar refractivity (Wildman–Crippen MR) is 179 cm³/mol. The molecule has 2 aliphatic carbocycles. The molecule has 4 aliphatic rings. The Labute approximate surface area is 294 Å². The second kappa shape index (κ2) is 11.9. The molecule has 3 aromatic carbocycles. The monoisotopic (exact) mass is 745 g/mol. The molecule has 7 atom stereocenters. The lowest BCUT2D eigenvalue weighted by atomic mass is 9.68. The van der Waals surface area contributed by atoms with E-state index in [0.717, 1.165) is 38.8 Å². The summed E-state index contributed by atoms with van der Waals surface area (Å²) >= 11 is 14.6. The smallest absolute Gasteiger partial charge is 0.416 e. The van der Waals surface area contributed by atoms with E-state index < -0.39 is 47.2 Å². The zero-order chi connectivity index (χ0) is 34.4. The Hall–Kier alpha value is -3.78. The topological polar surface area (TPSA) is 109 Å². The maximum Gasteiger partial charge on any atom is 0.416 e. The van der Waals surface area contributed by atoms with E-state index in [2.05, 4.69) is 10.3 Å². The van der Waals surface area contributed by atoms with Crippen molar-refractivity contribution in [3.63, 3.8) is 0 Å². The number of para-hydroxylation sites is 1. The SMILES string of the molecule is O=C(COc1ccccc1[C@H]1c2sc(=O)[nH]c2SC2C1[C@H]1C[C@@H]2C2C(=O)N(c3cccc(C(F)(F)F)c3)C(=O)C21)Nc1ccc(Cl)c(Cl)c1. The third kappa shape index (κ3) is 5.36. The van der Waals surface area contributed by atoms with Crippen LogP contribution < -0.4 is 19.8 Å². The fourth-order valence-corrected chi connectivity index (χ4v) is 11.4. The van der Waals surface area contributed by atoms with Crippen molar-refractivity contribution in [3.8, 4) is 5.75 Å². The van der Waals surface area contributed by atoms with Crippen LogP contribution in [0.15, 0.2) is 76.6 Å². The van der Waals surface area contributed by atoms with E-state index >= 15 is 0 Å². The molecule has 4 aromatic rings. The molecule has 1 saturated heterocycles. The zero-order valence-corrected chi connectivity index (χ0v) is 28.1. The molecule has 49 heavy (non-hydrogen) atoms. The average Bonchev–Trinajstić information content (AvgIpc) is 3.80. The molecule has 4 unspecified atom stereocenters. The number of nitrogens with zero attached hydrogens (tertiary/aromatic N) is 1. The Kier molecular flexibility index (Phi) is 7.89. The van der Waals surface area contributed by atoms with Gasteiger partial charge in [-0.3, -0.25) is 24.1 Å². The lowest BCUT2D eigenvalue weighted by Crippen LogP contribution is -2.42. The minimum atomic E-state index is -4.64. The summed E-state index contributed by atoms with van der Waals surface area (Å²) in [5.41, 5.74) is 0.140. The number of halogens is 5. The van der Waals surface area contributed by atoms with E-state index in [9.17, 15) is 32.3 Å². The van der Waals surface area contributed by atoms with Gasteiger partial charge in [0.2, 0.25) is 11.8 Å². The Morgan fingerprint density at radius 1 is 0.959 bits per heavy atom. The van der Waals surface area contributed by atoms with E-state index in [1.165, 1.54) is 30.0 Å². The molecule has 15 heteroatoms. The number of hydrogen-bond donors (Lipinski definition) is 2. The first-order chi connectivity index (χ1) is 23.4. The van der Waals surface area contributed by atoms with Crippen LogP contribution in [0.25, 0.3) is 0 Å². The second-order valence-corrected chi connectivity index (χ2v) is 15.5. The van der Waals surface area contributed by atoms with Crippen molar-refractivity contribution in [2.24, 2.45) is 29.6 Å². The van der Waals surface area contributed by atoms with Crippen molar-refractivity contribution < 1.29 is 32.3 Å². The van der Waals surface area contributed by atoms with Gasteiger partial charge in [0.05, 0.1) is 38.2 Å². The first-order valence-electron chi connectivity index (χ1n) is 15.3. The predicted octanol–water partition coefficient (Wildman–Crippen LogP) is 7.46. The number of anilines is 2. The molecule has 3 fully saturated rings. The van der Waals surface area contributed by atoms with Gasteiger partial charge < -0.3 is 15.0 Å². The number of carbonyl (C=O) groups is 3. The number of rotatable bonds is 6. The number of H-pyrrole nitrogens is 1. The molecule has 2 N–H and O–H groups in total. The number of alkyl halides is 3. The van der Waals surface area contributed by atoms with E-state index in [-0.39, 0.29) is 45.2 Å². The number of thioether (sulfide) groups is 1. The number of hydrogen-bond acceptors (Lipinski definition) is 7. The highest BCUT2D eigenvalue weighted by Crippen LogP contribution is 2.69. The summed E-state index contributed by atoms with van der Waals surface area (Å²) in [6.45, 7) is -0.335. The van der Waals surface area contributed by atoms with Crippen LogP contribution in [0.3, 0.4) is 0 Å². The van der Waals surface area contributed by atoms with Gasteiger partial charge in [0, 0.05) is 27.3 Å². The first-order valence-corrected chi connectivity index (χ1v) is 17.8. The van der Waals surface area contributed by atoms with Crippen LogP contribution >= 0.6 is 46.3 Å². The van der Waals surface area contributed by atoms with Gasteiger partial charge in [0.25, 0.3) is 5.91 Å². The molecular formula is C34H24Cl2F3N3O5S2. The number of thiazole rings is 1. The summed E-state index contributed by atoms with van der Waals surface area (Å²) in [6.07, 6.45) is -4.04. The first kappa shape index (κ1) is 32.4. The summed E-state index contributed by atoms with van der Waals surface area (Å²) in [6, 6.07) is 16.2. The quantitative estimate of drug-likeness (QED) is 0.199. The minimum absolute atomic E-state index is 0.0906. The van der Waals surface area contributed by atoms with Gasteiger partial charge in [-0.2, -0.15) is 13.2 Å². The van der Waals surface area contributed by atoms with Gasteiger partial charge in [-0.1, -0.05) is 58.8 Å². The van der Waals surface area contributed by atoms with Gasteiger partial charge in [-0.25, -0.2) is 0 Å². The molecule has 8 nitrogen and oxygen atoms in total. The summed E-state index contributed by atoms with van der Waals surface area (Å²) in [5, 5.41) is 3.89. The molecule has 2 saturated carbocycles. The van der Waals surface area contributed by atoms with Gasteiger partial charge >= 0.3 is 11.0 Å². The molecule has 0 radical (unpaired) electrons. The Bertz CT molecular complexity index is 2110. The van der Waals surface area contributed by atoms with Crippen molar-refractivity contribution in [3.05, 3.63) is 102 Å². The lowest BCUT2D eigenvalue weighted by Gasteiger charge is -2.43. The number of aromatic nitrogens is 1. The van der Waals surface area contributed by atoms with E-state index in [1.54, 1.807) is 24.3 Å². The number of benzene rings is 3. The number of aromatic amines is 1. The normalized spacial score (nSPS) is 26.8. The number of amides is 3. The summed E-state index contributed by atoms with van der Waals surface area (Å²) in [5.74, 6) is -3.49. The van der Waals surface area contributed by atoms with Gasteiger partial charge in [0.15, 0.2) is 6.61 Å². The summed E-state index contributed by atoms with van der Waals surface area (Å²) < 4.78 is 46.7. The average molecular weight is 747 g/mol. The van der Waals surface area contributed by atoms with Crippen molar-refractivity contribution in [1.82, 2.24) is 4.98 Å². The van der Waals surface area contributed by atoms with Gasteiger partial charge in [-0.05, 0) is 66.6 Å². The summed E-state index contributed by atoms with van der Waals surface area (Å²) in [7, 11) is 0. The molecular weight excluding hydrogens is 722 g/mol. The fraction of sp³-hybridized carbons (Fsp3) is 0.294. The highest BCUT2D eigenvalue weighted by Gasteiger charge is 2.70. The van der Waals surface area contributed by atoms with Crippen LogP contribution in [0, 0.1) is 29.6 Å². The van der Waals surface area contributed by atoms with Crippen molar-refractivity contribution >= 4 is 75.4 Å². The van der Waals surface area contributed by atoms with E-state index in [4.69, 9.17) is 27.9 Å². The molecule has 0 spiro atoms.